The van der Waals surface area contributed by atoms with Gasteiger partial charge in [-0.25, -0.2) is 4.98 Å². The van der Waals surface area contributed by atoms with E-state index in [1.807, 2.05) is 6.07 Å². The third kappa shape index (κ3) is 1.64. The normalized spacial score (nSPS) is 34.3. The number of hydrogen-bond donors (Lipinski definition) is 2. The Morgan fingerprint density at radius 3 is 3.00 bits per heavy atom. The number of rotatable bonds is 1. The van der Waals surface area contributed by atoms with Gasteiger partial charge in [0.1, 0.15) is 0 Å². The van der Waals surface area contributed by atoms with Crippen molar-refractivity contribution in [3.8, 4) is 0 Å². The second-order valence-electron chi connectivity index (χ2n) is 4.40. The molecule has 4 heteroatoms. The molecule has 2 saturated heterocycles. The number of pyridine rings is 1. The van der Waals surface area contributed by atoms with Crippen LogP contribution in [0, 0.1) is 11.9 Å². The number of aromatic nitrogens is 1. The van der Waals surface area contributed by atoms with Gasteiger partial charge >= 0.3 is 0 Å². The van der Waals surface area contributed by atoms with Gasteiger partial charge in [-0.2, -0.15) is 4.39 Å². The summed E-state index contributed by atoms with van der Waals surface area (Å²) in [6.45, 7) is 2.05. The lowest BCUT2D eigenvalue weighted by atomic mass is 9.88. The number of piperidine rings is 1. The van der Waals surface area contributed by atoms with Crippen molar-refractivity contribution in [1.29, 1.82) is 0 Å². The molecule has 2 aliphatic heterocycles. The first-order valence-corrected chi connectivity index (χ1v) is 5.41. The van der Waals surface area contributed by atoms with Crippen molar-refractivity contribution in [2.45, 2.75) is 18.5 Å². The summed E-state index contributed by atoms with van der Waals surface area (Å²) in [5.74, 6) is 0.216. The number of halogens is 1. The first kappa shape index (κ1) is 9.24. The molecule has 0 aliphatic carbocycles. The lowest BCUT2D eigenvalue weighted by molar-refractivity contribution is 0.329. The molecule has 1 aromatic heterocycles. The van der Waals surface area contributed by atoms with E-state index in [2.05, 4.69) is 15.6 Å². The largest absolute Gasteiger partial charge is 0.312 e. The highest BCUT2D eigenvalue weighted by Gasteiger charge is 2.35. The topological polar surface area (TPSA) is 37.0 Å². The molecule has 1 aromatic rings. The quantitative estimate of drug-likeness (QED) is 0.670. The molecule has 3 nitrogen and oxygen atoms in total. The minimum atomic E-state index is -0.406. The van der Waals surface area contributed by atoms with Gasteiger partial charge in [0.15, 0.2) is 0 Å². The molecule has 2 bridgehead atoms. The van der Waals surface area contributed by atoms with Crippen LogP contribution in [0.5, 0.6) is 0 Å². The first-order valence-electron chi connectivity index (χ1n) is 5.41. The monoisotopic (exact) mass is 207 g/mol. The Morgan fingerprint density at radius 1 is 1.27 bits per heavy atom. The summed E-state index contributed by atoms with van der Waals surface area (Å²) in [5, 5.41) is 6.96. The highest BCUT2D eigenvalue weighted by Crippen LogP contribution is 2.32. The van der Waals surface area contributed by atoms with E-state index in [1.165, 1.54) is 12.5 Å². The van der Waals surface area contributed by atoms with Crippen molar-refractivity contribution in [2.75, 3.05) is 13.1 Å². The van der Waals surface area contributed by atoms with Crippen LogP contribution in [0.15, 0.2) is 18.3 Å². The molecule has 2 N–H and O–H groups in total. The van der Waals surface area contributed by atoms with Crippen molar-refractivity contribution in [1.82, 2.24) is 15.6 Å². The highest BCUT2D eigenvalue weighted by atomic mass is 19.1. The third-order valence-electron chi connectivity index (χ3n) is 3.42. The second-order valence-corrected chi connectivity index (χ2v) is 4.40. The van der Waals surface area contributed by atoms with Gasteiger partial charge in [-0.1, -0.05) is 6.07 Å². The Kier molecular flexibility index (Phi) is 2.18. The minimum absolute atomic E-state index is 0.337. The maximum atomic E-state index is 12.7. The fourth-order valence-electron chi connectivity index (χ4n) is 2.66. The van der Waals surface area contributed by atoms with Gasteiger partial charge in [0.2, 0.25) is 5.95 Å². The van der Waals surface area contributed by atoms with Crippen LogP contribution in [0.3, 0.4) is 0 Å². The molecule has 15 heavy (non-hydrogen) atoms. The summed E-state index contributed by atoms with van der Waals surface area (Å²) in [5.41, 5.74) is 1.10. The van der Waals surface area contributed by atoms with Gasteiger partial charge in [-0.15, -0.1) is 0 Å². The summed E-state index contributed by atoms with van der Waals surface area (Å²) in [4.78, 5) is 3.71. The van der Waals surface area contributed by atoms with Crippen LogP contribution in [-0.2, 0) is 0 Å². The molecule has 1 unspecified atom stereocenters. The van der Waals surface area contributed by atoms with E-state index in [-0.39, 0.29) is 0 Å². The van der Waals surface area contributed by atoms with Crippen molar-refractivity contribution in [2.24, 2.45) is 5.92 Å². The van der Waals surface area contributed by atoms with Crippen LogP contribution in [0.25, 0.3) is 0 Å². The highest BCUT2D eigenvalue weighted by molar-refractivity contribution is 5.18. The molecular formula is C11H14FN3. The molecule has 0 aromatic carbocycles. The zero-order valence-corrected chi connectivity index (χ0v) is 8.41. The van der Waals surface area contributed by atoms with E-state index in [0.29, 0.717) is 18.0 Å². The van der Waals surface area contributed by atoms with Crippen LogP contribution in [0.4, 0.5) is 4.39 Å². The fourth-order valence-corrected chi connectivity index (χ4v) is 2.66. The fraction of sp³-hybridized carbons (Fsp3) is 0.545. The molecule has 2 aliphatic rings. The molecule has 0 spiro atoms. The van der Waals surface area contributed by atoms with E-state index in [4.69, 9.17) is 0 Å². The van der Waals surface area contributed by atoms with Crippen molar-refractivity contribution in [3.05, 3.63) is 29.8 Å². The van der Waals surface area contributed by atoms with Gasteiger partial charge in [0, 0.05) is 31.4 Å². The summed E-state index contributed by atoms with van der Waals surface area (Å²) in [7, 11) is 0. The van der Waals surface area contributed by atoms with E-state index in [0.717, 1.165) is 18.7 Å². The Balaban J connectivity index is 1.84. The van der Waals surface area contributed by atoms with Crippen LogP contribution >= 0.6 is 0 Å². The number of nitrogens with one attached hydrogen (secondary N) is 2. The van der Waals surface area contributed by atoms with Crippen molar-refractivity contribution in [3.63, 3.8) is 0 Å². The van der Waals surface area contributed by atoms with E-state index < -0.39 is 5.95 Å². The maximum absolute atomic E-state index is 12.7. The second kappa shape index (κ2) is 3.54. The molecular weight excluding hydrogens is 193 g/mol. The lowest BCUT2D eigenvalue weighted by Crippen LogP contribution is -2.39. The Hall–Kier alpha value is -1.00. The van der Waals surface area contributed by atoms with Gasteiger partial charge < -0.3 is 10.6 Å². The zero-order chi connectivity index (χ0) is 10.3. The molecule has 3 atom stereocenters. The first-order chi connectivity index (χ1) is 7.33. The van der Waals surface area contributed by atoms with E-state index >= 15 is 0 Å². The Morgan fingerprint density at radius 2 is 2.20 bits per heavy atom. The van der Waals surface area contributed by atoms with Crippen molar-refractivity contribution < 1.29 is 4.39 Å². The Labute approximate surface area is 88.1 Å². The summed E-state index contributed by atoms with van der Waals surface area (Å²) < 4.78 is 12.7. The van der Waals surface area contributed by atoms with Gasteiger partial charge in [-0.05, 0) is 24.0 Å². The minimum Gasteiger partial charge on any atom is -0.312 e. The molecule has 0 radical (unpaired) electrons. The van der Waals surface area contributed by atoms with Crippen molar-refractivity contribution >= 4 is 0 Å². The molecule has 3 heterocycles. The standard InChI is InChI=1S/C11H14FN3/c12-10-2-1-7(4-14-10)11-8-3-9(6-15-11)13-5-8/h1-2,4,8-9,11,13,15H,3,5-6H2/t8-,9+,11?/m1/s1. The summed E-state index contributed by atoms with van der Waals surface area (Å²) in [6, 6.07) is 4.23. The zero-order valence-electron chi connectivity index (χ0n) is 8.41. The molecule has 3 rings (SSSR count). The molecule has 0 amide bonds. The Bertz CT molecular complexity index is 351. The van der Waals surface area contributed by atoms with Crippen LogP contribution in [0.1, 0.15) is 18.0 Å². The van der Waals surface area contributed by atoms with Crippen LogP contribution in [-0.4, -0.2) is 24.1 Å². The molecule has 2 fully saturated rings. The molecule has 80 valence electrons. The summed E-state index contributed by atoms with van der Waals surface area (Å²) >= 11 is 0. The van der Waals surface area contributed by atoms with Crippen LogP contribution in [0.2, 0.25) is 0 Å². The lowest BCUT2D eigenvalue weighted by Gasteiger charge is -2.29. The van der Waals surface area contributed by atoms with E-state index in [9.17, 15) is 4.39 Å². The van der Waals surface area contributed by atoms with Crippen LogP contribution < -0.4 is 10.6 Å². The van der Waals surface area contributed by atoms with Gasteiger partial charge in [0.05, 0.1) is 0 Å². The SMILES string of the molecule is Fc1ccc(C2NC[C@@H]3C[C@@H]2CN3)cn1. The predicted molar refractivity (Wildman–Crippen MR) is 54.8 cm³/mol. The number of nitrogens with zero attached hydrogens (tertiary/aromatic N) is 1. The molecule has 0 saturated carbocycles. The maximum Gasteiger partial charge on any atom is 0.212 e. The van der Waals surface area contributed by atoms with E-state index in [1.54, 1.807) is 6.20 Å². The van der Waals surface area contributed by atoms with Gasteiger partial charge in [0.25, 0.3) is 0 Å². The van der Waals surface area contributed by atoms with Gasteiger partial charge in [-0.3, -0.25) is 0 Å². The third-order valence-corrected chi connectivity index (χ3v) is 3.42. The number of hydrogen-bond acceptors (Lipinski definition) is 3. The number of fused-ring (bicyclic) bond motifs is 2. The predicted octanol–water partition coefficient (Wildman–Crippen LogP) is 0.843. The smallest absolute Gasteiger partial charge is 0.212 e. The average molecular weight is 207 g/mol. The summed E-state index contributed by atoms with van der Waals surface area (Å²) in [6.07, 6.45) is 2.86. The average Bonchev–Trinajstić information content (AvgIpc) is 2.63.